The topological polar surface area (TPSA) is 238 Å². The van der Waals surface area contributed by atoms with Gasteiger partial charge in [0, 0.05) is 37.7 Å². The summed E-state index contributed by atoms with van der Waals surface area (Å²) in [5.41, 5.74) is 1.11. The lowest BCUT2D eigenvalue weighted by Crippen LogP contribution is -2.61. The van der Waals surface area contributed by atoms with Gasteiger partial charge in [-0.15, -0.1) is 0 Å². The van der Waals surface area contributed by atoms with Crippen molar-refractivity contribution >= 4 is 41.5 Å². The molecule has 2 aromatic carbocycles. The van der Waals surface area contributed by atoms with E-state index < -0.39 is 89.3 Å². The standard InChI is InChI=1S/C47H65N7O10/c1-9-29(4)40(52-41(57)35(23-31-17-19-34(55)20-18-31)50-42(58)39(28(2)3)53-46(62)64-47(6,7)8)43(59)51-36(24-33-25-48-27-49-33)44(60)54-21-13-16-37(54)38(56)22-30(5)45(61)63-26-32-14-11-10-12-15-32/h10-12,14-15,17-20,25,27-30,35-37,39-40,55H,9,13,16,21-24,26H2,1-8H3,(H,48,49)(H,50,58)(H,51,59)(H,52,57)(H,53,62)/t29?,30-,35-,36?,37-,39-,40-/m0/s1. The van der Waals surface area contributed by atoms with Gasteiger partial charge in [0.15, 0.2) is 5.78 Å². The van der Waals surface area contributed by atoms with Crippen LogP contribution in [-0.4, -0.2) is 104 Å². The molecule has 6 N–H and O–H groups in total. The number of hydrogen-bond acceptors (Lipinski definition) is 11. The van der Waals surface area contributed by atoms with Crippen molar-refractivity contribution < 1.29 is 48.1 Å². The van der Waals surface area contributed by atoms with Crippen LogP contribution in [0.5, 0.6) is 5.75 Å². The molecule has 1 fully saturated rings. The van der Waals surface area contributed by atoms with E-state index in [0.717, 1.165) is 5.56 Å². The third kappa shape index (κ3) is 15.2. The first kappa shape index (κ1) is 50.4. The number of aromatic nitrogens is 2. The molecule has 3 aromatic rings. The minimum absolute atomic E-state index is 0.00126. The molecule has 17 heteroatoms. The molecule has 1 aliphatic heterocycles. The Bertz CT molecular complexity index is 2040. The lowest BCUT2D eigenvalue weighted by atomic mass is 9.96. The van der Waals surface area contributed by atoms with Gasteiger partial charge in [0.05, 0.1) is 18.3 Å². The molecule has 0 aliphatic carbocycles. The number of rotatable bonds is 21. The summed E-state index contributed by atoms with van der Waals surface area (Å²) >= 11 is 0. The first-order chi connectivity index (χ1) is 30.3. The Morgan fingerprint density at radius 1 is 0.828 bits per heavy atom. The number of carbonyl (C=O) groups excluding carboxylic acids is 7. The van der Waals surface area contributed by atoms with Crippen LogP contribution in [0.25, 0.3) is 0 Å². The van der Waals surface area contributed by atoms with E-state index >= 15 is 0 Å². The largest absolute Gasteiger partial charge is 0.508 e. The maximum absolute atomic E-state index is 14.5. The summed E-state index contributed by atoms with van der Waals surface area (Å²) in [7, 11) is 0. The lowest BCUT2D eigenvalue weighted by molar-refractivity contribution is -0.151. The average molecular weight is 888 g/mol. The van der Waals surface area contributed by atoms with Crippen molar-refractivity contribution in [3.8, 4) is 5.75 Å². The van der Waals surface area contributed by atoms with E-state index in [1.165, 1.54) is 29.6 Å². The summed E-state index contributed by atoms with van der Waals surface area (Å²) in [6.07, 6.45) is 3.31. The number of likely N-dealkylation sites (tertiary alicyclic amines) is 1. The van der Waals surface area contributed by atoms with Gasteiger partial charge in [0.25, 0.3) is 0 Å². The van der Waals surface area contributed by atoms with Crippen LogP contribution in [0.3, 0.4) is 0 Å². The van der Waals surface area contributed by atoms with Gasteiger partial charge in [-0.25, -0.2) is 9.78 Å². The van der Waals surface area contributed by atoms with Crippen LogP contribution in [0, 0.1) is 17.8 Å². The molecule has 2 heterocycles. The monoisotopic (exact) mass is 887 g/mol. The second kappa shape index (κ2) is 23.4. The highest BCUT2D eigenvalue weighted by molar-refractivity contribution is 5.97. The first-order valence-electron chi connectivity index (χ1n) is 22.0. The van der Waals surface area contributed by atoms with Gasteiger partial charge in [0.1, 0.15) is 42.1 Å². The van der Waals surface area contributed by atoms with Gasteiger partial charge in [-0.2, -0.15) is 0 Å². The molecule has 1 aliphatic rings. The van der Waals surface area contributed by atoms with Crippen LogP contribution < -0.4 is 21.3 Å². The number of H-pyrrole nitrogens is 1. The van der Waals surface area contributed by atoms with Crippen LogP contribution >= 0.6 is 0 Å². The smallest absolute Gasteiger partial charge is 0.408 e. The summed E-state index contributed by atoms with van der Waals surface area (Å²) in [6.45, 7) is 14.1. The number of esters is 1. The van der Waals surface area contributed by atoms with Crippen molar-refractivity contribution in [2.45, 2.75) is 136 Å². The predicted molar refractivity (Wildman–Crippen MR) is 237 cm³/mol. The number of phenolic OH excluding ortho intramolecular Hbond substituents is 1. The van der Waals surface area contributed by atoms with Crippen LogP contribution in [-0.2, 0) is 57.7 Å². The van der Waals surface area contributed by atoms with Crippen LogP contribution in [0.15, 0.2) is 67.1 Å². The summed E-state index contributed by atoms with van der Waals surface area (Å²) in [5, 5.41) is 20.9. The second-order valence-electron chi connectivity index (χ2n) is 17.9. The molecular weight excluding hydrogens is 823 g/mol. The normalized spacial score (nSPS) is 16.6. The Balaban J connectivity index is 1.53. The van der Waals surface area contributed by atoms with E-state index in [2.05, 4.69) is 31.2 Å². The first-order valence-corrected chi connectivity index (χ1v) is 22.0. The molecule has 5 amide bonds. The Morgan fingerprint density at radius 2 is 1.48 bits per heavy atom. The number of ether oxygens (including phenoxy) is 2. The quantitative estimate of drug-likeness (QED) is 0.0826. The fraction of sp³-hybridized carbons (Fsp3) is 0.532. The summed E-state index contributed by atoms with van der Waals surface area (Å²) in [6, 6.07) is 9.73. The molecule has 1 saturated heterocycles. The maximum Gasteiger partial charge on any atom is 0.408 e. The number of phenols is 1. The number of hydrogen-bond donors (Lipinski definition) is 6. The van der Waals surface area contributed by atoms with Gasteiger partial charge >= 0.3 is 12.1 Å². The Hall–Kier alpha value is -6.26. The van der Waals surface area contributed by atoms with Crippen LogP contribution in [0.2, 0.25) is 0 Å². The Morgan fingerprint density at radius 3 is 2.09 bits per heavy atom. The lowest BCUT2D eigenvalue weighted by Gasteiger charge is -2.32. The second-order valence-corrected chi connectivity index (χ2v) is 17.9. The number of alkyl carbamates (subject to hydrolysis) is 1. The van der Waals surface area contributed by atoms with Crippen molar-refractivity contribution in [2.75, 3.05) is 6.54 Å². The maximum atomic E-state index is 14.5. The highest BCUT2D eigenvalue weighted by Crippen LogP contribution is 2.24. The van der Waals surface area contributed by atoms with Crippen molar-refractivity contribution in [1.29, 1.82) is 0 Å². The van der Waals surface area contributed by atoms with E-state index in [4.69, 9.17) is 9.47 Å². The molecule has 7 atom stereocenters. The molecule has 0 radical (unpaired) electrons. The summed E-state index contributed by atoms with van der Waals surface area (Å²) < 4.78 is 10.8. The highest BCUT2D eigenvalue weighted by atomic mass is 16.6. The molecule has 1 aromatic heterocycles. The van der Waals surface area contributed by atoms with E-state index in [1.807, 2.05) is 37.3 Å². The van der Waals surface area contributed by atoms with Crippen LogP contribution in [0.4, 0.5) is 4.79 Å². The Labute approximate surface area is 375 Å². The SMILES string of the molecule is CCC(C)[C@H](NC(=O)[C@H](Cc1ccc(O)cc1)NC(=O)[C@@H](NC(=O)OC(C)(C)C)C(C)C)C(=O)NC(Cc1cnc[nH]1)C(=O)N1CCC[C@H]1C(=O)C[C@H](C)C(=O)OCc1ccccc1. The number of aromatic amines is 1. The van der Waals surface area contributed by atoms with Crippen molar-refractivity contribution in [3.63, 3.8) is 0 Å². The molecule has 64 heavy (non-hydrogen) atoms. The number of benzene rings is 2. The van der Waals surface area contributed by atoms with Crippen molar-refractivity contribution in [1.82, 2.24) is 36.1 Å². The number of aromatic hydroxyl groups is 1. The number of amides is 5. The van der Waals surface area contributed by atoms with E-state index in [1.54, 1.807) is 60.6 Å². The summed E-state index contributed by atoms with van der Waals surface area (Å²) in [5.74, 6) is -5.01. The molecule has 0 spiro atoms. The van der Waals surface area contributed by atoms with E-state index in [-0.39, 0.29) is 43.9 Å². The minimum Gasteiger partial charge on any atom is -0.508 e. The van der Waals surface area contributed by atoms with Gasteiger partial charge in [-0.1, -0.05) is 83.5 Å². The minimum atomic E-state index is -1.25. The fourth-order valence-electron chi connectivity index (χ4n) is 7.30. The number of imidazole rings is 1. The zero-order valence-corrected chi connectivity index (χ0v) is 38.1. The number of Topliss-reactive ketones (excluding diaryl/α,β-unsaturated/α-hetero) is 1. The van der Waals surface area contributed by atoms with Gasteiger partial charge in [0.2, 0.25) is 23.6 Å². The molecule has 0 saturated carbocycles. The third-order valence-corrected chi connectivity index (χ3v) is 11.1. The van der Waals surface area contributed by atoms with Gasteiger partial charge < -0.3 is 45.7 Å². The highest BCUT2D eigenvalue weighted by Gasteiger charge is 2.40. The van der Waals surface area contributed by atoms with Gasteiger partial charge in [-0.3, -0.25) is 28.8 Å². The zero-order valence-electron chi connectivity index (χ0n) is 38.1. The Kier molecular flexibility index (Phi) is 18.4. The molecule has 0 bridgehead atoms. The molecule has 348 valence electrons. The number of nitrogens with one attached hydrogen (secondary N) is 5. The molecular formula is C47H65N7O10. The van der Waals surface area contributed by atoms with Gasteiger partial charge in [-0.05, 0) is 68.7 Å². The fourth-order valence-corrected chi connectivity index (χ4v) is 7.30. The summed E-state index contributed by atoms with van der Waals surface area (Å²) in [4.78, 5) is 105. The zero-order chi connectivity index (χ0) is 47.1. The third-order valence-electron chi connectivity index (χ3n) is 11.1. The predicted octanol–water partition coefficient (Wildman–Crippen LogP) is 4.28. The molecule has 17 nitrogen and oxygen atoms in total. The average Bonchev–Trinajstić information content (AvgIpc) is 3.96. The van der Waals surface area contributed by atoms with Crippen molar-refractivity contribution in [3.05, 3.63) is 83.9 Å². The number of ketones is 1. The number of nitrogens with zero attached hydrogens (tertiary/aromatic N) is 2. The van der Waals surface area contributed by atoms with Crippen molar-refractivity contribution in [2.24, 2.45) is 17.8 Å². The molecule has 4 rings (SSSR count). The van der Waals surface area contributed by atoms with E-state index in [9.17, 15) is 38.7 Å². The van der Waals surface area contributed by atoms with Crippen LogP contribution in [0.1, 0.15) is 97.9 Å². The van der Waals surface area contributed by atoms with E-state index in [0.29, 0.717) is 30.5 Å². The molecule has 2 unspecified atom stereocenters. The number of carbonyl (C=O) groups is 7.